The maximum absolute atomic E-state index is 11.4. The van der Waals surface area contributed by atoms with Gasteiger partial charge in [0.2, 0.25) is 5.91 Å². The molecule has 2 N–H and O–H groups in total. The number of hydrazone groups is 1. The van der Waals surface area contributed by atoms with E-state index in [1.54, 1.807) is 26.0 Å². The minimum absolute atomic E-state index is 0.0204. The molecule has 1 aliphatic heterocycles. The van der Waals surface area contributed by atoms with Gasteiger partial charge in [0.05, 0.1) is 20.6 Å². The Kier molecular flexibility index (Phi) is 5.55. The second-order valence-corrected chi connectivity index (χ2v) is 7.65. The summed E-state index contributed by atoms with van der Waals surface area (Å²) >= 11 is 9.70. The van der Waals surface area contributed by atoms with Crippen LogP contribution in [0.1, 0.15) is 32.8 Å². The van der Waals surface area contributed by atoms with Crippen LogP contribution in [0.5, 0.6) is 5.75 Å². The third-order valence-electron chi connectivity index (χ3n) is 3.71. The van der Waals surface area contributed by atoms with Crippen molar-refractivity contribution in [2.75, 3.05) is 6.61 Å². The van der Waals surface area contributed by atoms with E-state index in [1.165, 1.54) is 0 Å². The number of aliphatic carboxylic acids is 1. The molecule has 1 aromatic carbocycles. The quantitative estimate of drug-likeness (QED) is 0.768. The fourth-order valence-electron chi connectivity index (χ4n) is 2.16. The molecular weight excluding hydrogens is 400 g/mol. The summed E-state index contributed by atoms with van der Waals surface area (Å²) in [5.74, 6) is -0.720. The first-order valence-electron chi connectivity index (χ1n) is 7.34. The molecule has 1 aliphatic rings. The number of rotatable bonds is 5. The van der Waals surface area contributed by atoms with Crippen LogP contribution in [0.3, 0.4) is 0 Å². The van der Waals surface area contributed by atoms with Gasteiger partial charge in [0.1, 0.15) is 6.61 Å². The van der Waals surface area contributed by atoms with Gasteiger partial charge < -0.3 is 9.84 Å². The predicted molar refractivity (Wildman–Crippen MR) is 94.5 cm³/mol. The molecule has 0 spiro atoms. The highest BCUT2D eigenvalue weighted by Crippen LogP contribution is 2.36. The van der Waals surface area contributed by atoms with E-state index in [1.807, 2.05) is 6.92 Å². The van der Waals surface area contributed by atoms with Crippen LogP contribution in [-0.2, 0) is 9.59 Å². The van der Waals surface area contributed by atoms with Crippen molar-refractivity contribution in [3.8, 4) is 5.75 Å². The van der Waals surface area contributed by atoms with Gasteiger partial charge >= 0.3 is 5.97 Å². The zero-order valence-electron chi connectivity index (χ0n) is 13.5. The SMILES string of the molecule is CC1CC(=O)NN=C1c1cc(Cl)c(OCC(C)(C)C(=O)O)c(Br)c1. The molecule has 130 valence electrons. The largest absolute Gasteiger partial charge is 0.490 e. The molecule has 1 aromatic rings. The van der Waals surface area contributed by atoms with Crippen LogP contribution >= 0.6 is 27.5 Å². The van der Waals surface area contributed by atoms with Gasteiger partial charge in [0.25, 0.3) is 0 Å². The van der Waals surface area contributed by atoms with Crippen LogP contribution in [0.2, 0.25) is 5.02 Å². The fraction of sp³-hybridized carbons (Fsp3) is 0.438. The average Bonchev–Trinajstić information content (AvgIpc) is 2.45. The van der Waals surface area contributed by atoms with Crippen molar-refractivity contribution in [2.45, 2.75) is 27.2 Å². The second-order valence-electron chi connectivity index (χ2n) is 6.38. The zero-order valence-corrected chi connectivity index (χ0v) is 15.9. The molecule has 6 nitrogen and oxygen atoms in total. The monoisotopic (exact) mass is 416 g/mol. The summed E-state index contributed by atoms with van der Waals surface area (Å²) in [5.41, 5.74) is 2.93. The predicted octanol–water partition coefficient (Wildman–Crippen LogP) is 3.45. The molecular formula is C16H18BrClN2O4. The lowest BCUT2D eigenvalue weighted by atomic mass is 9.94. The highest BCUT2D eigenvalue weighted by molar-refractivity contribution is 9.10. The van der Waals surface area contributed by atoms with Gasteiger partial charge in [-0.25, -0.2) is 5.43 Å². The number of amides is 1. The number of ether oxygens (including phenoxy) is 1. The molecule has 24 heavy (non-hydrogen) atoms. The Balaban J connectivity index is 2.26. The number of hydrogen-bond acceptors (Lipinski definition) is 4. The van der Waals surface area contributed by atoms with Crippen molar-refractivity contribution in [3.05, 3.63) is 27.2 Å². The summed E-state index contributed by atoms with van der Waals surface area (Å²) in [6, 6.07) is 3.49. The van der Waals surface area contributed by atoms with E-state index in [4.69, 9.17) is 21.4 Å². The summed E-state index contributed by atoms with van der Waals surface area (Å²) < 4.78 is 6.21. The molecule has 1 heterocycles. The van der Waals surface area contributed by atoms with E-state index in [-0.39, 0.29) is 18.4 Å². The molecule has 1 unspecified atom stereocenters. The zero-order chi connectivity index (χ0) is 18.1. The number of carbonyl (C=O) groups excluding carboxylic acids is 1. The standard InChI is InChI=1S/C16H18BrClN2O4/c1-8-4-12(21)19-20-13(8)9-5-10(17)14(11(18)6-9)24-7-16(2,3)15(22)23/h5-6,8H,4,7H2,1-3H3,(H,19,21)(H,22,23). The normalized spacial score (nSPS) is 18.0. The molecule has 0 saturated heterocycles. The maximum atomic E-state index is 11.4. The maximum Gasteiger partial charge on any atom is 0.312 e. The lowest BCUT2D eigenvalue weighted by molar-refractivity contribution is -0.148. The molecule has 0 radical (unpaired) electrons. The first-order valence-corrected chi connectivity index (χ1v) is 8.51. The number of carbonyl (C=O) groups is 2. The van der Waals surface area contributed by atoms with Gasteiger partial charge in [-0.15, -0.1) is 0 Å². The number of benzene rings is 1. The molecule has 0 bridgehead atoms. The van der Waals surface area contributed by atoms with Crippen LogP contribution in [-0.4, -0.2) is 29.3 Å². The number of carboxylic acid groups (broad SMARTS) is 1. The van der Waals surface area contributed by atoms with Crippen LogP contribution < -0.4 is 10.2 Å². The fourth-order valence-corrected chi connectivity index (χ4v) is 3.12. The van der Waals surface area contributed by atoms with Gasteiger partial charge in [-0.1, -0.05) is 18.5 Å². The molecule has 1 atom stereocenters. The molecule has 0 aromatic heterocycles. The third-order valence-corrected chi connectivity index (χ3v) is 4.58. The van der Waals surface area contributed by atoms with Gasteiger partial charge in [-0.2, -0.15) is 5.10 Å². The van der Waals surface area contributed by atoms with Crippen LogP contribution in [0, 0.1) is 11.3 Å². The summed E-state index contributed by atoms with van der Waals surface area (Å²) in [6.07, 6.45) is 0.360. The topological polar surface area (TPSA) is 88.0 Å². The van der Waals surface area contributed by atoms with Gasteiger partial charge in [-0.05, 0) is 41.9 Å². The number of nitrogens with zero attached hydrogens (tertiary/aromatic N) is 1. The summed E-state index contributed by atoms with van der Waals surface area (Å²) in [7, 11) is 0. The highest BCUT2D eigenvalue weighted by atomic mass is 79.9. The third kappa shape index (κ3) is 4.08. The summed E-state index contributed by atoms with van der Waals surface area (Å²) in [6.45, 7) is 5.05. The molecule has 2 rings (SSSR count). The minimum Gasteiger partial charge on any atom is -0.490 e. The van der Waals surface area contributed by atoms with Crippen molar-refractivity contribution in [2.24, 2.45) is 16.4 Å². The van der Waals surface area contributed by atoms with Crippen molar-refractivity contribution >= 4 is 45.1 Å². The number of hydrogen-bond donors (Lipinski definition) is 2. The Labute approximate surface area is 153 Å². The Bertz CT molecular complexity index is 695. The first kappa shape index (κ1) is 18.7. The van der Waals surface area contributed by atoms with Gasteiger partial charge in [0.15, 0.2) is 5.75 Å². The number of halogens is 2. The van der Waals surface area contributed by atoms with Crippen molar-refractivity contribution in [3.63, 3.8) is 0 Å². The van der Waals surface area contributed by atoms with E-state index in [9.17, 15) is 9.59 Å². The Morgan fingerprint density at radius 3 is 2.75 bits per heavy atom. The number of nitrogens with one attached hydrogen (secondary N) is 1. The van der Waals surface area contributed by atoms with E-state index in [0.717, 1.165) is 11.3 Å². The van der Waals surface area contributed by atoms with Crippen molar-refractivity contribution in [1.29, 1.82) is 0 Å². The number of carboxylic acids is 1. The van der Waals surface area contributed by atoms with Gasteiger partial charge in [-0.3, -0.25) is 9.59 Å². The highest BCUT2D eigenvalue weighted by Gasteiger charge is 2.29. The Hall–Kier alpha value is -1.60. The minimum atomic E-state index is -1.03. The molecule has 0 saturated carbocycles. The van der Waals surface area contributed by atoms with E-state index in [2.05, 4.69) is 26.5 Å². The second kappa shape index (κ2) is 7.11. The Morgan fingerprint density at radius 2 is 2.21 bits per heavy atom. The van der Waals surface area contributed by atoms with Crippen LogP contribution in [0.25, 0.3) is 0 Å². The van der Waals surface area contributed by atoms with Crippen molar-refractivity contribution < 1.29 is 19.4 Å². The van der Waals surface area contributed by atoms with E-state index >= 15 is 0 Å². The molecule has 8 heteroatoms. The smallest absolute Gasteiger partial charge is 0.312 e. The van der Waals surface area contributed by atoms with E-state index < -0.39 is 11.4 Å². The molecule has 0 fully saturated rings. The van der Waals surface area contributed by atoms with Crippen LogP contribution in [0.15, 0.2) is 21.7 Å². The van der Waals surface area contributed by atoms with Crippen molar-refractivity contribution in [1.82, 2.24) is 5.43 Å². The first-order chi connectivity index (χ1) is 11.1. The Morgan fingerprint density at radius 1 is 1.54 bits per heavy atom. The van der Waals surface area contributed by atoms with Crippen LogP contribution in [0.4, 0.5) is 0 Å². The van der Waals surface area contributed by atoms with Gasteiger partial charge in [0, 0.05) is 17.9 Å². The molecule has 1 amide bonds. The summed E-state index contributed by atoms with van der Waals surface area (Å²) in [5, 5.41) is 13.6. The lowest BCUT2D eigenvalue weighted by Crippen LogP contribution is -2.32. The summed E-state index contributed by atoms with van der Waals surface area (Å²) in [4.78, 5) is 22.5. The van der Waals surface area contributed by atoms with E-state index in [0.29, 0.717) is 21.7 Å². The lowest BCUT2D eigenvalue weighted by Gasteiger charge is -2.22. The molecule has 0 aliphatic carbocycles. The average molecular weight is 418 g/mol.